The van der Waals surface area contributed by atoms with E-state index in [2.05, 4.69) is 29.7 Å². The third kappa shape index (κ3) is 7.78. The van der Waals surface area contributed by atoms with Gasteiger partial charge in [0.15, 0.2) is 0 Å². The number of hydrogen-bond donors (Lipinski definition) is 0. The van der Waals surface area contributed by atoms with Gasteiger partial charge in [-0.1, -0.05) is 18.9 Å². The molecule has 1 aromatic carbocycles. The Hall–Kier alpha value is -2.12. The molecule has 2 heterocycles. The van der Waals surface area contributed by atoms with Crippen molar-refractivity contribution in [2.75, 3.05) is 72.6 Å². The Morgan fingerprint density at radius 1 is 0.844 bits per heavy atom. The first-order valence-electron chi connectivity index (χ1n) is 12.1. The van der Waals surface area contributed by atoms with Crippen LogP contribution in [-0.2, 0) is 9.59 Å². The fraction of sp³-hybridized carbons (Fsp3) is 0.680. The highest BCUT2D eigenvalue weighted by Gasteiger charge is 2.24. The van der Waals surface area contributed by atoms with Gasteiger partial charge >= 0.3 is 0 Å². The molecule has 1 aromatic rings. The third-order valence-corrected chi connectivity index (χ3v) is 6.46. The van der Waals surface area contributed by atoms with Crippen molar-refractivity contribution < 1.29 is 14.3 Å². The highest BCUT2D eigenvalue weighted by Crippen LogP contribution is 2.16. The average molecular weight is 445 g/mol. The molecule has 0 unspecified atom stereocenters. The summed E-state index contributed by atoms with van der Waals surface area (Å²) in [5.74, 6) is 1.23. The second kappa shape index (κ2) is 12.2. The smallest absolute Gasteiger partial charge is 0.236 e. The van der Waals surface area contributed by atoms with Crippen LogP contribution in [0.15, 0.2) is 18.2 Å². The number of carbonyl (C=O) groups is 2. The predicted molar refractivity (Wildman–Crippen MR) is 127 cm³/mol. The number of hydrogen-bond acceptors (Lipinski definition) is 5. The lowest BCUT2D eigenvalue weighted by Crippen LogP contribution is -2.52. The molecule has 0 bridgehead atoms. The number of piperazine rings is 1. The summed E-state index contributed by atoms with van der Waals surface area (Å²) in [6.07, 6.45) is 4.74. The fourth-order valence-corrected chi connectivity index (χ4v) is 4.47. The molecule has 2 aliphatic rings. The Kier molecular flexibility index (Phi) is 9.36. The van der Waals surface area contributed by atoms with Gasteiger partial charge in [-0.05, 0) is 49.9 Å². The van der Waals surface area contributed by atoms with E-state index in [4.69, 9.17) is 4.74 Å². The molecule has 7 heteroatoms. The molecule has 32 heavy (non-hydrogen) atoms. The molecule has 0 spiro atoms. The summed E-state index contributed by atoms with van der Waals surface area (Å²) in [7, 11) is 1.84. The number of nitrogens with zero attached hydrogens (tertiary/aromatic N) is 4. The summed E-state index contributed by atoms with van der Waals surface area (Å²) < 4.78 is 5.84. The molecule has 2 amide bonds. The summed E-state index contributed by atoms with van der Waals surface area (Å²) >= 11 is 0. The molecule has 3 rings (SSSR count). The maximum Gasteiger partial charge on any atom is 0.236 e. The normalized spacial score (nSPS) is 18.3. The van der Waals surface area contributed by atoms with Gasteiger partial charge in [-0.25, -0.2) is 0 Å². The molecule has 178 valence electrons. The first kappa shape index (κ1) is 24.5. The van der Waals surface area contributed by atoms with Crippen molar-refractivity contribution in [2.24, 2.45) is 0 Å². The van der Waals surface area contributed by atoms with Crippen LogP contribution in [0.1, 0.15) is 36.8 Å². The lowest BCUT2D eigenvalue weighted by Gasteiger charge is -2.35. The van der Waals surface area contributed by atoms with E-state index in [0.717, 1.165) is 57.9 Å². The van der Waals surface area contributed by atoms with Gasteiger partial charge in [-0.3, -0.25) is 19.4 Å². The molecule has 0 aliphatic carbocycles. The molecule has 0 atom stereocenters. The quantitative estimate of drug-likeness (QED) is 0.615. The van der Waals surface area contributed by atoms with Gasteiger partial charge in [0, 0.05) is 46.3 Å². The van der Waals surface area contributed by atoms with Crippen LogP contribution < -0.4 is 4.74 Å². The molecular weight excluding hydrogens is 404 g/mol. The van der Waals surface area contributed by atoms with Crippen molar-refractivity contribution in [1.29, 1.82) is 0 Å². The molecular formula is C25H40N4O3. The second-order valence-electron chi connectivity index (χ2n) is 9.33. The van der Waals surface area contributed by atoms with Gasteiger partial charge in [0.1, 0.15) is 12.4 Å². The van der Waals surface area contributed by atoms with Crippen molar-refractivity contribution in [3.8, 4) is 5.75 Å². The Bertz CT molecular complexity index is 733. The minimum Gasteiger partial charge on any atom is -0.492 e. The minimum absolute atomic E-state index is 0.114. The van der Waals surface area contributed by atoms with Crippen LogP contribution >= 0.6 is 0 Å². The zero-order valence-electron chi connectivity index (χ0n) is 20.1. The number of likely N-dealkylation sites (tertiary alicyclic amines) is 1. The molecule has 2 fully saturated rings. The van der Waals surface area contributed by atoms with Crippen molar-refractivity contribution in [1.82, 2.24) is 19.6 Å². The van der Waals surface area contributed by atoms with Crippen molar-refractivity contribution in [3.63, 3.8) is 0 Å². The molecule has 0 aromatic heterocycles. The van der Waals surface area contributed by atoms with Gasteiger partial charge < -0.3 is 14.5 Å². The number of aryl methyl sites for hydroxylation is 2. The molecule has 0 saturated carbocycles. The predicted octanol–water partition coefficient (Wildman–Crippen LogP) is 2.16. The first-order chi connectivity index (χ1) is 15.4. The Labute approximate surface area is 193 Å². The summed E-state index contributed by atoms with van der Waals surface area (Å²) in [6, 6.07) is 6.16. The average Bonchev–Trinajstić information content (AvgIpc) is 3.04. The fourth-order valence-electron chi connectivity index (χ4n) is 4.47. The summed E-state index contributed by atoms with van der Waals surface area (Å²) in [4.78, 5) is 33.4. The standard InChI is InChI=1S/C25H40N4O3/c1-21-16-22(2)18-23(17-21)32-15-14-26(3)24(30)19-27-10-12-28(13-11-27)20-25(31)29-8-6-4-5-7-9-29/h16-18H,4-15,19-20H2,1-3H3. The number of rotatable bonds is 8. The van der Waals surface area contributed by atoms with Crippen LogP contribution in [-0.4, -0.2) is 104 Å². The van der Waals surface area contributed by atoms with Gasteiger partial charge in [0.25, 0.3) is 0 Å². The topological polar surface area (TPSA) is 56.3 Å². The van der Waals surface area contributed by atoms with Crippen LogP contribution in [0.5, 0.6) is 5.75 Å². The largest absolute Gasteiger partial charge is 0.492 e. The molecule has 2 aliphatic heterocycles. The van der Waals surface area contributed by atoms with Crippen LogP contribution in [0.25, 0.3) is 0 Å². The number of ether oxygens (including phenoxy) is 1. The maximum atomic E-state index is 12.6. The highest BCUT2D eigenvalue weighted by atomic mass is 16.5. The lowest BCUT2D eigenvalue weighted by atomic mass is 10.1. The van der Waals surface area contributed by atoms with E-state index in [9.17, 15) is 9.59 Å². The van der Waals surface area contributed by atoms with E-state index < -0.39 is 0 Å². The second-order valence-corrected chi connectivity index (χ2v) is 9.33. The van der Waals surface area contributed by atoms with Gasteiger partial charge in [0.05, 0.1) is 19.6 Å². The van der Waals surface area contributed by atoms with E-state index in [0.29, 0.717) is 26.2 Å². The number of carbonyl (C=O) groups excluding carboxylic acids is 2. The monoisotopic (exact) mass is 444 g/mol. The van der Waals surface area contributed by atoms with Crippen molar-refractivity contribution in [3.05, 3.63) is 29.3 Å². The zero-order chi connectivity index (χ0) is 22.9. The van der Waals surface area contributed by atoms with Crippen molar-refractivity contribution >= 4 is 11.8 Å². The van der Waals surface area contributed by atoms with E-state index in [1.54, 1.807) is 4.90 Å². The molecule has 2 saturated heterocycles. The first-order valence-corrected chi connectivity index (χ1v) is 12.1. The van der Waals surface area contributed by atoms with Gasteiger partial charge in [-0.15, -0.1) is 0 Å². The van der Waals surface area contributed by atoms with Crippen LogP contribution in [0, 0.1) is 13.8 Å². The maximum absolute atomic E-state index is 12.6. The number of likely N-dealkylation sites (N-methyl/N-ethyl adjacent to an activating group) is 1. The summed E-state index contributed by atoms with van der Waals surface area (Å²) in [6.45, 7) is 11.2. The summed E-state index contributed by atoms with van der Waals surface area (Å²) in [5.41, 5.74) is 2.36. The van der Waals surface area contributed by atoms with E-state index in [1.807, 2.05) is 24.1 Å². The third-order valence-electron chi connectivity index (χ3n) is 6.46. The Balaban J connectivity index is 1.33. The lowest BCUT2D eigenvalue weighted by molar-refractivity contribution is -0.134. The van der Waals surface area contributed by atoms with Gasteiger partial charge in [0.2, 0.25) is 11.8 Å². The van der Waals surface area contributed by atoms with Crippen LogP contribution in [0.2, 0.25) is 0 Å². The Morgan fingerprint density at radius 3 is 2.00 bits per heavy atom. The van der Waals surface area contributed by atoms with E-state index in [-0.39, 0.29) is 11.8 Å². The van der Waals surface area contributed by atoms with Gasteiger partial charge in [-0.2, -0.15) is 0 Å². The molecule has 7 nitrogen and oxygen atoms in total. The number of benzene rings is 1. The summed E-state index contributed by atoms with van der Waals surface area (Å²) in [5, 5.41) is 0. The van der Waals surface area contributed by atoms with E-state index in [1.165, 1.54) is 24.0 Å². The van der Waals surface area contributed by atoms with Crippen LogP contribution in [0.3, 0.4) is 0 Å². The Morgan fingerprint density at radius 2 is 1.41 bits per heavy atom. The molecule has 0 radical (unpaired) electrons. The SMILES string of the molecule is Cc1cc(C)cc(OCCN(C)C(=O)CN2CCN(CC(=O)N3CCCCCC3)CC2)c1. The molecule has 0 N–H and O–H groups in total. The zero-order valence-corrected chi connectivity index (χ0v) is 20.1. The van der Waals surface area contributed by atoms with Crippen molar-refractivity contribution in [2.45, 2.75) is 39.5 Å². The van der Waals surface area contributed by atoms with E-state index >= 15 is 0 Å². The highest BCUT2D eigenvalue weighted by molar-refractivity contribution is 5.78. The van der Waals surface area contributed by atoms with Crippen LogP contribution in [0.4, 0.5) is 0 Å². The number of amides is 2. The minimum atomic E-state index is 0.114.